The Labute approximate surface area is 209 Å². The maximum absolute atomic E-state index is 13.6. The van der Waals surface area contributed by atoms with Gasteiger partial charge in [-0.15, -0.1) is 0 Å². The number of sulfonamides is 1. The molecule has 0 saturated carbocycles. The SMILES string of the molecule is COc1ccc(S(=O)(=O)N(CC(=O)NC(C)CC(C)(C)c2ccccc2)c2ccc(C)cc2)cc1. The fourth-order valence-electron chi connectivity index (χ4n) is 4.18. The molecule has 186 valence electrons. The zero-order valence-electron chi connectivity index (χ0n) is 21.0. The van der Waals surface area contributed by atoms with Crippen molar-refractivity contribution in [2.24, 2.45) is 0 Å². The zero-order chi connectivity index (χ0) is 25.6. The highest BCUT2D eigenvalue weighted by molar-refractivity contribution is 7.92. The Kier molecular flexibility index (Phi) is 8.22. The minimum atomic E-state index is -3.98. The van der Waals surface area contributed by atoms with Gasteiger partial charge in [-0.25, -0.2) is 8.42 Å². The van der Waals surface area contributed by atoms with Crippen LogP contribution in [0.4, 0.5) is 5.69 Å². The van der Waals surface area contributed by atoms with Crippen LogP contribution in [-0.4, -0.2) is 34.0 Å². The highest BCUT2D eigenvalue weighted by atomic mass is 32.2. The number of carbonyl (C=O) groups excluding carboxylic acids is 1. The van der Waals surface area contributed by atoms with Gasteiger partial charge in [0.15, 0.2) is 0 Å². The lowest BCUT2D eigenvalue weighted by atomic mass is 9.79. The predicted octanol–water partition coefficient (Wildman–Crippen LogP) is 5.07. The number of nitrogens with zero attached hydrogens (tertiary/aromatic N) is 1. The zero-order valence-corrected chi connectivity index (χ0v) is 21.8. The van der Waals surface area contributed by atoms with E-state index >= 15 is 0 Å². The molecule has 0 bridgehead atoms. The van der Waals surface area contributed by atoms with Gasteiger partial charge in [-0.3, -0.25) is 9.10 Å². The maximum Gasteiger partial charge on any atom is 0.264 e. The second kappa shape index (κ2) is 11.0. The Hall–Kier alpha value is -3.32. The van der Waals surface area contributed by atoms with E-state index < -0.39 is 10.0 Å². The van der Waals surface area contributed by atoms with Crippen molar-refractivity contribution in [2.75, 3.05) is 18.0 Å². The second-order valence-corrected chi connectivity index (χ2v) is 11.3. The third kappa shape index (κ3) is 6.63. The average Bonchev–Trinajstić information content (AvgIpc) is 2.83. The molecule has 35 heavy (non-hydrogen) atoms. The summed E-state index contributed by atoms with van der Waals surface area (Å²) in [6.07, 6.45) is 0.707. The van der Waals surface area contributed by atoms with E-state index in [4.69, 9.17) is 4.74 Å². The molecule has 0 aliphatic heterocycles. The lowest BCUT2D eigenvalue weighted by Crippen LogP contribution is -2.45. The number of methoxy groups -OCH3 is 1. The fraction of sp³-hybridized carbons (Fsp3) is 0.321. The van der Waals surface area contributed by atoms with E-state index in [0.29, 0.717) is 17.9 Å². The molecule has 0 aromatic heterocycles. The van der Waals surface area contributed by atoms with Crippen molar-refractivity contribution < 1.29 is 17.9 Å². The van der Waals surface area contributed by atoms with Gasteiger partial charge in [-0.05, 0) is 67.6 Å². The van der Waals surface area contributed by atoms with Gasteiger partial charge in [0, 0.05) is 6.04 Å². The maximum atomic E-state index is 13.6. The van der Waals surface area contributed by atoms with E-state index in [0.717, 1.165) is 9.87 Å². The van der Waals surface area contributed by atoms with E-state index in [1.165, 1.54) is 24.8 Å². The monoisotopic (exact) mass is 494 g/mol. The van der Waals surface area contributed by atoms with Crippen LogP contribution in [0.25, 0.3) is 0 Å². The number of carbonyl (C=O) groups is 1. The van der Waals surface area contributed by atoms with Crippen LogP contribution in [0.15, 0.2) is 83.8 Å². The smallest absolute Gasteiger partial charge is 0.264 e. The summed E-state index contributed by atoms with van der Waals surface area (Å²) in [5.74, 6) is 0.192. The van der Waals surface area contributed by atoms with Crippen molar-refractivity contribution in [1.29, 1.82) is 0 Å². The molecule has 1 amide bonds. The summed E-state index contributed by atoms with van der Waals surface area (Å²) in [7, 11) is -2.46. The number of ether oxygens (including phenoxy) is 1. The van der Waals surface area contributed by atoms with Gasteiger partial charge in [0.05, 0.1) is 17.7 Å². The van der Waals surface area contributed by atoms with Crippen molar-refractivity contribution in [2.45, 2.75) is 50.5 Å². The van der Waals surface area contributed by atoms with Crippen molar-refractivity contribution in [3.05, 3.63) is 90.0 Å². The number of hydrogen-bond donors (Lipinski definition) is 1. The third-order valence-corrected chi connectivity index (χ3v) is 7.82. The lowest BCUT2D eigenvalue weighted by Gasteiger charge is -2.30. The average molecular weight is 495 g/mol. The summed E-state index contributed by atoms with van der Waals surface area (Å²) in [6.45, 7) is 7.81. The molecule has 3 aromatic rings. The lowest BCUT2D eigenvalue weighted by molar-refractivity contribution is -0.120. The molecule has 3 rings (SSSR count). The van der Waals surface area contributed by atoms with Gasteiger partial charge in [0.25, 0.3) is 10.0 Å². The molecule has 0 fully saturated rings. The van der Waals surface area contributed by atoms with Crippen molar-refractivity contribution in [3.8, 4) is 5.75 Å². The van der Waals surface area contributed by atoms with Crippen LogP contribution in [0.1, 0.15) is 38.3 Å². The molecule has 3 aromatic carbocycles. The third-order valence-electron chi connectivity index (χ3n) is 6.04. The number of benzene rings is 3. The van der Waals surface area contributed by atoms with Crippen LogP contribution >= 0.6 is 0 Å². The number of rotatable bonds is 10. The molecule has 1 N–H and O–H groups in total. The van der Waals surface area contributed by atoms with Crippen LogP contribution in [0.2, 0.25) is 0 Å². The van der Waals surface area contributed by atoms with Gasteiger partial charge < -0.3 is 10.1 Å². The Morgan fingerprint density at radius 1 is 0.971 bits per heavy atom. The van der Waals surface area contributed by atoms with Gasteiger partial charge >= 0.3 is 0 Å². The molecule has 0 aliphatic rings. The summed E-state index contributed by atoms with van der Waals surface area (Å²) in [5, 5.41) is 2.99. The summed E-state index contributed by atoms with van der Waals surface area (Å²) < 4.78 is 33.4. The van der Waals surface area contributed by atoms with Gasteiger partial charge in [-0.1, -0.05) is 61.9 Å². The Morgan fingerprint density at radius 3 is 2.14 bits per heavy atom. The Morgan fingerprint density at radius 2 is 1.57 bits per heavy atom. The van der Waals surface area contributed by atoms with Crippen LogP contribution in [0, 0.1) is 6.92 Å². The molecule has 0 saturated heterocycles. The molecule has 0 heterocycles. The first kappa shape index (κ1) is 26.3. The van der Waals surface area contributed by atoms with Crippen LogP contribution in [0.3, 0.4) is 0 Å². The molecule has 0 spiro atoms. The van der Waals surface area contributed by atoms with Crippen molar-refractivity contribution >= 4 is 21.6 Å². The Balaban J connectivity index is 1.80. The minimum Gasteiger partial charge on any atom is -0.497 e. The summed E-state index contributed by atoms with van der Waals surface area (Å²) >= 11 is 0. The number of amides is 1. The molecule has 7 heteroatoms. The number of aryl methyl sites for hydroxylation is 1. The molecule has 1 unspecified atom stereocenters. The molecular formula is C28H34N2O4S. The van der Waals surface area contributed by atoms with E-state index in [9.17, 15) is 13.2 Å². The predicted molar refractivity (Wildman–Crippen MR) is 140 cm³/mol. The standard InChI is InChI=1S/C28H34N2O4S/c1-21-11-13-24(14-12-21)30(35(32,33)26-17-15-25(34-5)16-18-26)20-27(31)29-22(2)19-28(3,4)23-9-7-6-8-10-23/h6-18,22H,19-20H2,1-5H3,(H,29,31). The molecule has 0 aliphatic carbocycles. The van der Waals surface area contributed by atoms with Crippen LogP contribution in [0.5, 0.6) is 5.75 Å². The quantitative estimate of drug-likeness (QED) is 0.427. The van der Waals surface area contributed by atoms with E-state index in [1.54, 1.807) is 24.3 Å². The highest BCUT2D eigenvalue weighted by Crippen LogP contribution is 2.29. The second-order valence-electron chi connectivity index (χ2n) is 9.45. The molecular weight excluding hydrogens is 460 g/mol. The normalized spacial score (nSPS) is 12.6. The molecule has 1 atom stereocenters. The first-order valence-electron chi connectivity index (χ1n) is 11.6. The summed E-state index contributed by atoms with van der Waals surface area (Å²) in [5.41, 5.74) is 2.46. The Bertz CT molecular complexity index is 1220. The highest BCUT2D eigenvalue weighted by Gasteiger charge is 2.29. The number of nitrogens with one attached hydrogen (secondary N) is 1. The van der Waals surface area contributed by atoms with Gasteiger partial charge in [0.2, 0.25) is 5.91 Å². The minimum absolute atomic E-state index is 0.0879. The summed E-state index contributed by atoms with van der Waals surface area (Å²) in [4.78, 5) is 13.2. The first-order valence-corrected chi connectivity index (χ1v) is 13.1. The van der Waals surface area contributed by atoms with Crippen molar-refractivity contribution in [1.82, 2.24) is 5.32 Å². The topological polar surface area (TPSA) is 75.7 Å². The van der Waals surface area contributed by atoms with Gasteiger partial charge in [-0.2, -0.15) is 0 Å². The van der Waals surface area contributed by atoms with E-state index in [2.05, 4.69) is 31.3 Å². The first-order chi connectivity index (χ1) is 16.5. The number of hydrogen-bond acceptors (Lipinski definition) is 4. The molecule has 0 radical (unpaired) electrons. The number of anilines is 1. The van der Waals surface area contributed by atoms with E-state index in [1.807, 2.05) is 44.2 Å². The molecule has 6 nitrogen and oxygen atoms in total. The fourth-order valence-corrected chi connectivity index (χ4v) is 5.60. The van der Waals surface area contributed by atoms with E-state index in [-0.39, 0.29) is 28.8 Å². The summed E-state index contributed by atoms with van der Waals surface area (Å²) in [6, 6.07) is 23.2. The van der Waals surface area contributed by atoms with Gasteiger partial charge in [0.1, 0.15) is 12.3 Å². The van der Waals surface area contributed by atoms with Crippen LogP contribution < -0.4 is 14.4 Å². The van der Waals surface area contributed by atoms with Crippen LogP contribution in [-0.2, 0) is 20.2 Å². The largest absolute Gasteiger partial charge is 0.497 e. The van der Waals surface area contributed by atoms with Crippen molar-refractivity contribution in [3.63, 3.8) is 0 Å².